The van der Waals surface area contributed by atoms with E-state index in [4.69, 9.17) is 9.47 Å². The molecule has 0 heterocycles. The van der Waals surface area contributed by atoms with Crippen LogP contribution in [0.1, 0.15) is 102 Å². The molecule has 0 fully saturated rings. The molecule has 3 rings (SSSR count). The van der Waals surface area contributed by atoms with E-state index in [2.05, 4.69) is 67.0 Å². The van der Waals surface area contributed by atoms with Gasteiger partial charge in [-0.05, 0) is 61.8 Å². The lowest BCUT2D eigenvalue weighted by molar-refractivity contribution is -0.145. The van der Waals surface area contributed by atoms with Crippen molar-refractivity contribution in [2.24, 2.45) is 0 Å². The summed E-state index contributed by atoms with van der Waals surface area (Å²) in [5.74, 6) is 11.7. The first kappa shape index (κ1) is 31.8. The molecule has 1 aliphatic rings. The van der Waals surface area contributed by atoms with Crippen molar-refractivity contribution < 1.29 is 19.1 Å². The highest BCUT2D eigenvalue weighted by Gasteiger charge is 2.31. The molecule has 0 N–H and O–H groups in total. The highest BCUT2D eigenvalue weighted by molar-refractivity contribution is 5.79. The fourth-order valence-electron chi connectivity index (χ4n) is 5.44. The second kappa shape index (κ2) is 17.9. The number of carbonyl (C=O) groups excluding carboxylic acids is 2. The Hall–Kier alpha value is -3.70. The molecule has 1 aliphatic carbocycles. The minimum atomic E-state index is -0.337. The molecule has 0 aliphatic heterocycles. The number of carbonyl (C=O) groups is 2. The van der Waals surface area contributed by atoms with Crippen molar-refractivity contribution in [1.29, 1.82) is 0 Å². The van der Waals surface area contributed by atoms with Crippen LogP contribution in [0, 0.1) is 23.7 Å². The third-order valence-electron chi connectivity index (χ3n) is 7.56. The molecule has 0 radical (unpaired) electrons. The molecular formula is C36H45NO4. The van der Waals surface area contributed by atoms with Gasteiger partial charge < -0.3 is 14.4 Å². The largest absolute Gasteiger partial charge is 0.463 e. The maximum Gasteiger partial charge on any atom is 0.410 e. The SMILES string of the molecule is CC#CCCCCCCN(C(=O)OCC1c2ccccc2-c2ccccc21)C(CCC)COC(=O)CCCC#CC. The highest BCUT2D eigenvalue weighted by Crippen LogP contribution is 2.44. The number of fused-ring (bicyclic) bond motifs is 3. The van der Waals surface area contributed by atoms with Gasteiger partial charge in [0.1, 0.15) is 13.2 Å². The molecule has 1 atom stereocenters. The molecule has 1 amide bonds. The zero-order chi connectivity index (χ0) is 29.3. The molecule has 0 aromatic heterocycles. The van der Waals surface area contributed by atoms with Crippen molar-refractivity contribution in [2.75, 3.05) is 19.8 Å². The lowest BCUT2D eigenvalue weighted by Gasteiger charge is -2.31. The van der Waals surface area contributed by atoms with Crippen LogP contribution in [0.15, 0.2) is 48.5 Å². The van der Waals surface area contributed by atoms with Gasteiger partial charge >= 0.3 is 12.1 Å². The van der Waals surface area contributed by atoms with Crippen LogP contribution >= 0.6 is 0 Å². The Morgan fingerprint density at radius 3 is 2.07 bits per heavy atom. The van der Waals surface area contributed by atoms with E-state index in [0.29, 0.717) is 25.8 Å². The van der Waals surface area contributed by atoms with E-state index in [9.17, 15) is 9.59 Å². The van der Waals surface area contributed by atoms with Gasteiger partial charge in [-0.25, -0.2) is 4.79 Å². The Morgan fingerprint density at radius 2 is 1.44 bits per heavy atom. The number of ether oxygens (including phenoxy) is 2. The Balaban J connectivity index is 1.67. The lowest BCUT2D eigenvalue weighted by atomic mass is 9.98. The molecule has 2 aromatic rings. The first-order valence-electron chi connectivity index (χ1n) is 15.2. The van der Waals surface area contributed by atoms with E-state index in [1.54, 1.807) is 11.8 Å². The second-order valence-corrected chi connectivity index (χ2v) is 10.5. The van der Waals surface area contributed by atoms with Crippen molar-refractivity contribution in [3.63, 3.8) is 0 Å². The van der Waals surface area contributed by atoms with E-state index in [1.165, 1.54) is 22.3 Å². The Bertz CT molecular complexity index is 1200. The van der Waals surface area contributed by atoms with Gasteiger partial charge in [-0.1, -0.05) is 74.7 Å². The summed E-state index contributed by atoms with van der Waals surface area (Å²) in [6.07, 6.45) is 7.88. The molecular weight excluding hydrogens is 510 g/mol. The minimum Gasteiger partial charge on any atom is -0.463 e. The van der Waals surface area contributed by atoms with Gasteiger partial charge in [-0.2, -0.15) is 0 Å². The van der Waals surface area contributed by atoms with Crippen LogP contribution in [0.2, 0.25) is 0 Å². The van der Waals surface area contributed by atoms with E-state index >= 15 is 0 Å². The summed E-state index contributed by atoms with van der Waals surface area (Å²) in [5.41, 5.74) is 4.79. The fraction of sp³-hybridized carbons (Fsp3) is 0.500. The summed E-state index contributed by atoms with van der Waals surface area (Å²) in [7, 11) is 0. The number of unbranched alkanes of at least 4 members (excludes halogenated alkanes) is 5. The number of esters is 1. The Morgan fingerprint density at radius 1 is 0.829 bits per heavy atom. The van der Waals surface area contributed by atoms with Crippen LogP contribution in [0.5, 0.6) is 0 Å². The number of benzene rings is 2. The third kappa shape index (κ3) is 9.72. The molecule has 0 spiro atoms. The minimum absolute atomic E-state index is 0.00143. The number of hydrogen-bond acceptors (Lipinski definition) is 4. The molecule has 0 saturated heterocycles. The van der Waals surface area contributed by atoms with Crippen molar-refractivity contribution >= 4 is 12.1 Å². The van der Waals surface area contributed by atoms with Gasteiger partial charge in [0, 0.05) is 31.7 Å². The summed E-state index contributed by atoms with van der Waals surface area (Å²) in [6.45, 7) is 6.78. The Labute approximate surface area is 247 Å². The molecule has 2 aromatic carbocycles. The van der Waals surface area contributed by atoms with Crippen LogP contribution < -0.4 is 0 Å². The van der Waals surface area contributed by atoms with Crippen molar-refractivity contribution in [2.45, 2.75) is 96.9 Å². The van der Waals surface area contributed by atoms with E-state index < -0.39 is 0 Å². The van der Waals surface area contributed by atoms with Gasteiger partial charge in [0.15, 0.2) is 0 Å². The van der Waals surface area contributed by atoms with Crippen LogP contribution in [0.4, 0.5) is 4.79 Å². The molecule has 218 valence electrons. The molecule has 5 heteroatoms. The predicted molar refractivity (Wildman–Crippen MR) is 165 cm³/mol. The zero-order valence-corrected chi connectivity index (χ0v) is 25.0. The summed E-state index contributed by atoms with van der Waals surface area (Å²) >= 11 is 0. The number of rotatable bonds is 16. The van der Waals surface area contributed by atoms with Gasteiger partial charge in [-0.3, -0.25) is 4.79 Å². The standard InChI is InChI=1S/C36H45NO4/c1-4-7-9-11-12-13-19-26-37(29(20-6-3)27-40-35(38)25-14-10-8-5-2)36(39)41-28-34-32-23-17-15-21-30(32)31-22-16-18-24-33(31)34/h15-18,21-24,29,34H,6,9-14,19-20,25-28H2,1-3H3. The van der Waals surface area contributed by atoms with E-state index in [-0.39, 0.29) is 37.2 Å². The normalized spacial score (nSPS) is 12.2. The molecule has 41 heavy (non-hydrogen) atoms. The predicted octanol–water partition coefficient (Wildman–Crippen LogP) is 8.12. The average Bonchev–Trinajstić information content (AvgIpc) is 3.31. The van der Waals surface area contributed by atoms with Crippen molar-refractivity contribution in [1.82, 2.24) is 4.90 Å². The van der Waals surface area contributed by atoms with Gasteiger partial charge in [-0.15, -0.1) is 23.7 Å². The quantitative estimate of drug-likeness (QED) is 0.119. The summed E-state index contributed by atoms with van der Waals surface area (Å²) in [5, 5.41) is 0. The zero-order valence-electron chi connectivity index (χ0n) is 25.0. The molecule has 1 unspecified atom stereocenters. The second-order valence-electron chi connectivity index (χ2n) is 10.5. The van der Waals surface area contributed by atoms with Crippen LogP contribution in [-0.2, 0) is 14.3 Å². The lowest BCUT2D eigenvalue weighted by Crippen LogP contribution is -2.44. The van der Waals surface area contributed by atoms with Crippen molar-refractivity contribution in [3.8, 4) is 34.8 Å². The average molecular weight is 556 g/mol. The highest BCUT2D eigenvalue weighted by atomic mass is 16.6. The fourth-order valence-corrected chi connectivity index (χ4v) is 5.44. The van der Waals surface area contributed by atoms with Gasteiger partial charge in [0.05, 0.1) is 6.04 Å². The maximum atomic E-state index is 13.7. The first-order chi connectivity index (χ1) is 20.1. The number of hydrogen-bond donors (Lipinski definition) is 0. The van der Waals surface area contributed by atoms with Crippen LogP contribution in [0.3, 0.4) is 0 Å². The molecule has 5 nitrogen and oxygen atoms in total. The third-order valence-corrected chi connectivity index (χ3v) is 7.56. The molecule has 0 bridgehead atoms. The number of nitrogens with zero attached hydrogens (tertiary/aromatic N) is 1. The van der Waals surface area contributed by atoms with Crippen LogP contribution in [-0.4, -0.2) is 42.8 Å². The summed E-state index contributed by atoms with van der Waals surface area (Å²) in [4.78, 5) is 27.9. The van der Waals surface area contributed by atoms with Crippen LogP contribution in [0.25, 0.3) is 11.1 Å². The van der Waals surface area contributed by atoms with Gasteiger partial charge in [0.25, 0.3) is 0 Å². The van der Waals surface area contributed by atoms with Gasteiger partial charge in [0.2, 0.25) is 0 Å². The first-order valence-corrected chi connectivity index (χ1v) is 15.2. The maximum absolute atomic E-state index is 13.7. The van der Waals surface area contributed by atoms with Crippen molar-refractivity contribution in [3.05, 3.63) is 59.7 Å². The smallest absolute Gasteiger partial charge is 0.410 e. The topological polar surface area (TPSA) is 55.8 Å². The monoisotopic (exact) mass is 555 g/mol. The van der Waals surface area contributed by atoms with E-state index in [1.807, 2.05) is 19.1 Å². The summed E-state index contributed by atoms with van der Waals surface area (Å²) in [6, 6.07) is 16.5. The van der Waals surface area contributed by atoms with E-state index in [0.717, 1.165) is 44.9 Å². The summed E-state index contributed by atoms with van der Waals surface area (Å²) < 4.78 is 11.7. The Kier molecular flexibility index (Phi) is 13.9. The molecule has 0 saturated carbocycles. The number of amides is 1.